The lowest BCUT2D eigenvalue weighted by atomic mass is 10.0. The molecule has 2 aliphatic heterocycles. The number of fused-ring (bicyclic) bond motifs is 1. The predicted molar refractivity (Wildman–Crippen MR) is 97.1 cm³/mol. The van der Waals surface area contributed by atoms with Crippen LogP contribution in [0.1, 0.15) is 40.0 Å². The number of carbonyl (C=O) groups is 3. The number of carboxylic acids is 1. The van der Waals surface area contributed by atoms with Crippen LogP contribution in [0.3, 0.4) is 0 Å². The van der Waals surface area contributed by atoms with E-state index in [1.807, 2.05) is 20.8 Å². The van der Waals surface area contributed by atoms with Gasteiger partial charge in [0.15, 0.2) is 0 Å². The number of nitrogens with one attached hydrogen (secondary N) is 1. The molecule has 2 N–H and O–H groups in total. The SMILES string of the molecule is CC[C@H](C)[C@H](S)C(=O)N[C@H]1CC[C@H](C)[C@H]2SC[C@@H](C(=O)O)N2C1=O. The molecule has 2 amide bonds. The number of hydrogen-bond acceptors (Lipinski definition) is 5. The molecule has 0 spiro atoms. The fraction of sp³-hybridized carbons (Fsp3) is 0.812. The van der Waals surface area contributed by atoms with Gasteiger partial charge >= 0.3 is 5.97 Å². The smallest absolute Gasteiger partial charge is 0.327 e. The summed E-state index contributed by atoms with van der Waals surface area (Å²) in [5, 5.41) is 11.6. The van der Waals surface area contributed by atoms with Gasteiger partial charge in [0, 0.05) is 5.75 Å². The average molecular weight is 375 g/mol. The summed E-state index contributed by atoms with van der Waals surface area (Å²) in [6.45, 7) is 5.97. The Labute approximate surface area is 152 Å². The number of rotatable bonds is 5. The number of amides is 2. The van der Waals surface area contributed by atoms with Crippen molar-refractivity contribution in [2.75, 3.05) is 5.75 Å². The highest BCUT2D eigenvalue weighted by Crippen LogP contribution is 2.39. The van der Waals surface area contributed by atoms with Crippen molar-refractivity contribution in [1.29, 1.82) is 0 Å². The van der Waals surface area contributed by atoms with Crippen molar-refractivity contribution in [2.24, 2.45) is 11.8 Å². The summed E-state index contributed by atoms with van der Waals surface area (Å²) >= 11 is 5.88. The minimum atomic E-state index is -0.982. The number of carboxylic acid groups (broad SMARTS) is 1. The van der Waals surface area contributed by atoms with Gasteiger partial charge in [-0.1, -0.05) is 27.2 Å². The number of thioether (sulfide) groups is 1. The van der Waals surface area contributed by atoms with E-state index in [1.165, 1.54) is 16.7 Å². The van der Waals surface area contributed by atoms with Crippen molar-refractivity contribution in [3.8, 4) is 0 Å². The largest absolute Gasteiger partial charge is 0.480 e. The second-order valence-electron chi connectivity index (χ2n) is 6.77. The Hall–Kier alpha value is -0.890. The monoisotopic (exact) mass is 374 g/mol. The second-order valence-corrected chi connectivity index (χ2v) is 8.48. The first-order chi connectivity index (χ1) is 11.3. The molecule has 2 aliphatic rings. The number of nitrogens with zero attached hydrogens (tertiary/aromatic N) is 1. The Morgan fingerprint density at radius 1 is 1.46 bits per heavy atom. The highest BCUT2D eigenvalue weighted by molar-refractivity contribution is 8.00. The number of carbonyl (C=O) groups excluding carboxylic acids is 2. The number of hydrogen-bond donors (Lipinski definition) is 3. The molecule has 0 aliphatic carbocycles. The van der Waals surface area contributed by atoms with Gasteiger partial charge < -0.3 is 15.3 Å². The van der Waals surface area contributed by atoms with Crippen LogP contribution >= 0.6 is 24.4 Å². The number of thiol groups is 1. The molecule has 0 aromatic carbocycles. The summed E-state index contributed by atoms with van der Waals surface area (Å²) in [5.41, 5.74) is 0. The fourth-order valence-corrected chi connectivity index (χ4v) is 5.03. The maximum absolute atomic E-state index is 12.9. The maximum atomic E-state index is 12.9. The van der Waals surface area contributed by atoms with Crippen molar-refractivity contribution < 1.29 is 19.5 Å². The first kappa shape index (κ1) is 19.4. The van der Waals surface area contributed by atoms with Crippen LogP contribution in [0.25, 0.3) is 0 Å². The molecule has 2 heterocycles. The summed E-state index contributed by atoms with van der Waals surface area (Å²) in [6, 6.07) is -1.47. The first-order valence-corrected chi connectivity index (χ1v) is 9.99. The molecule has 0 bridgehead atoms. The van der Waals surface area contributed by atoms with Crippen LogP contribution in [0.2, 0.25) is 0 Å². The number of aliphatic carboxylic acids is 1. The molecule has 6 atom stereocenters. The van der Waals surface area contributed by atoms with E-state index in [9.17, 15) is 19.5 Å². The van der Waals surface area contributed by atoms with Crippen LogP contribution < -0.4 is 5.32 Å². The lowest BCUT2D eigenvalue weighted by molar-refractivity contribution is -0.150. The molecule has 24 heavy (non-hydrogen) atoms. The van der Waals surface area contributed by atoms with Gasteiger partial charge in [-0.3, -0.25) is 9.59 Å². The Morgan fingerprint density at radius 3 is 2.71 bits per heavy atom. The third-order valence-corrected chi connectivity index (χ3v) is 7.32. The molecule has 6 nitrogen and oxygen atoms in total. The van der Waals surface area contributed by atoms with Crippen molar-refractivity contribution >= 4 is 42.2 Å². The van der Waals surface area contributed by atoms with Gasteiger partial charge in [-0.2, -0.15) is 12.6 Å². The zero-order chi connectivity index (χ0) is 18.0. The maximum Gasteiger partial charge on any atom is 0.327 e. The van der Waals surface area contributed by atoms with E-state index in [0.717, 1.165) is 12.8 Å². The van der Waals surface area contributed by atoms with E-state index in [-0.39, 0.29) is 29.0 Å². The summed E-state index contributed by atoms with van der Waals surface area (Å²) in [4.78, 5) is 38.2. The van der Waals surface area contributed by atoms with Gasteiger partial charge in [-0.05, 0) is 24.7 Å². The quantitative estimate of drug-likeness (QED) is 0.637. The van der Waals surface area contributed by atoms with Gasteiger partial charge in [0.2, 0.25) is 11.8 Å². The summed E-state index contributed by atoms with van der Waals surface area (Å²) in [5.74, 6) is -0.805. The zero-order valence-corrected chi connectivity index (χ0v) is 16.0. The van der Waals surface area contributed by atoms with Crippen molar-refractivity contribution in [3.05, 3.63) is 0 Å². The van der Waals surface area contributed by atoms with Gasteiger partial charge in [0.1, 0.15) is 12.1 Å². The van der Waals surface area contributed by atoms with Crippen molar-refractivity contribution in [2.45, 2.75) is 62.7 Å². The van der Waals surface area contributed by atoms with Crippen LogP contribution in [0, 0.1) is 11.8 Å². The molecule has 2 saturated heterocycles. The zero-order valence-electron chi connectivity index (χ0n) is 14.3. The fourth-order valence-electron chi connectivity index (χ4n) is 3.18. The lowest BCUT2D eigenvalue weighted by Gasteiger charge is -2.30. The predicted octanol–water partition coefficient (Wildman–Crippen LogP) is 1.60. The molecule has 8 heteroatoms. The van der Waals surface area contributed by atoms with Crippen molar-refractivity contribution in [1.82, 2.24) is 10.2 Å². The topological polar surface area (TPSA) is 86.7 Å². The molecular formula is C16H26N2O4S2. The van der Waals surface area contributed by atoms with Crippen LogP contribution in [0.15, 0.2) is 0 Å². The molecular weight excluding hydrogens is 348 g/mol. The van der Waals surface area contributed by atoms with Gasteiger partial charge in [-0.25, -0.2) is 4.79 Å². The Balaban J connectivity index is 2.15. The van der Waals surface area contributed by atoms with Crippen LogP contribution in [0.4, 0.5) is 0 Å². The van der Waals surface area contributed by atoms with E-state index >= 15 is 0 Å². The van der Waals surface area contributed by atoms with Gasteiger partial charge in [-0.15, -0.1) is 11.8 Å². The molecule has 0 unspecified atom stereocenters. The summed E-state index contributed by atoms with van der Waals surface area (Å²) in [7, 11) is 0. The normalized spacial score (nSPS) is 32.7. The minimum Gasteiger partial charge on any atom is -0.480 e. The Kier molecular flexibility index (Phi) is 6.47. The molecule has 2 fully saturated rings. The summed E-state index contributed by atoms with van der Waals surface area (Å²) in [6.07, 6.45) is 2.13. The van der Waals surface area contributed by atoms with E-state index in [1.54, 1.807) is 0 Å². The minimum absolute atomic E-state index is 0.106. The molecule has 0 radical (unpaired) electrons. The van der Waals surface area contributed by atoms with E-state index in [0.29, 0.717) is 12.2 Å². The average Bonchev–Trinajstić information content (AvgIpc) is 2.96. The Morgan fingerprint density at radius 2 is 2.12 bits per heavy atom. The molecule has 136 valence electrons. The van der Waals surface area contributed by atoms with Crippen molar-refractivity contribution in [3.63, 3.8) is 0 Å². The van der Waals surface area contributed by atoms with Crippen LogP contribution in [-0.2, 0) is 14.4 Å². The standard InChI is InChI=1S/C16H26N2O4S2/c1-4-8(2)12(23)13(19)17-10-6-5-9(3)15-18(14(10)20)11(7-24-15)16(21)22/h8-12,15,23H,4-7H2,1-3H3,(H,17,19)(H,21,22)/t8-,9-,10-,11-,12-,15+/m0/s1. The van der Waals surface area contributed by atoms with Crippen LogP contribution in [0.5, 0.6) is 0 Å². The first-order valence-electron chi connectivity index (χ1n) is 8.42. The van der Waals surface area contributed by atoms with Gasteiger partial charge in [0.05, 0.1) is 10.6 Å². The molecule has 2 rings (SSSR count). The van der Waals surface area contributed by atoms with Crippen LogP contribution in [-0.4, -0.2) is 56.3 Å². The molecule has 0 aromatic heterocycles. The van der Waals surface area contributed by atoms with E-state index in [2.05, 4.69) is 17.9 Å². The highest BCUT2D eigenvalue weighted by atomic mass is 32.2. The third kappa shape index (κ3) is 3.85. The highest BCUT2D eigenvalue weighted by Gasteiger charge is 2.48. The van der Waals surface area contributed by atoms with Gasteiger partial charge in [0.25, 0.3) is 0 Å². The third-order valence-electron chi connectivity index (χ3n) is 5.04. The summed E-state index contributed by atoms with van der Waals surface area (Å²) < 4.78 is 0. The Bertz CT molecular complexity index is 516. The van der Waals surface area contributed by atoms with E-state index in [4.69, 9.17) is 0 Å². The molecule has 0 aromatic rings. The van der Waals surface area contributed by atoms with E-state index < -0.39 is 23.3 Å². The lowest BCUT2D eigenvalue weighted by Crippen LogP contribution is -2.54. The molecule has 0 saturated carbocycles. The second kappa shape index (κ2) is 7.99.